The minimum Gasteiger partial charge on any atom is -0.497 e. The van der Waals surface area contributed by atoms with Gasteiger partial charge in [-0.2, -0.15) is 0 Å². The first-order valence-electron chi connectivity index (χ1n) is 12.9. The van der Waals surface area contributed by atoms with Crippen LogP contribution in [-0.2, 0) is 4.79 Å². The van der Waals surface area contributed by atoms with Crippen molar-refractivity contribution in [2.75, 3.05) is 17.3 Å². The van der Waals surface area contributed by atoms with Crippen molar-refractivity contribution in [2.45, 2.75) is 24.8 Å². The van der Waals surface area contributed by atoms with Crippen molar-refractivity contribution in [3.05, 3.63) is 137 Å². The minimum atomic E-state index is -0.802. The Bertz CT molecular complexity index is 1580. The second-order valence-electron chi connectivity index (χ2n) is 9.83. The van der Waals surface area contributed by atoms with E-state index in [-0.39, 0.29) is 24.0 Å². The molecular formula is C33H27FN2O3. The maximum atomic E-state index is 14.6. The Morgan fingerprint density at radius 2 is 1.62 bits per heavy atom. The number of para-hydroxylation sites is 2. The van der Waals surface area contributed by atoms with Crippen molar-refractivity contribution in [3.63, 3.8) is 0 Å². The first-order valence-corrected chi connectivity index (χ1v) is 12.9. The van der Waals surface area contributed by atoms with E-state index in [0.717, 1.165) is 22.7 Å². The second kappa shape index (κ2) is 10.2. The summed E-state index contributed by atoms with van der Waals surface area (Å²) in [6, 6.07) is 29.6. The number of Topliss-reactive ketones (excluding diaryl/α,β-unsaturated/α-hetero) is 1. The van der Waals surface area contributed by atoms with Gasteiger partial charge < -0.3 is 10.1 Å². The van der Waals surface area contributed by atoms with Crippen LogP contribution in [0.25, 0.3) is 0 Å². The zero-order chi connectivity index (χ0) is 26.9. The molecule has 0 aromatic heterocycles. The highest BCUT2D eigenvalue weighted by molar-refractivity contribution is 6.12. The average Bonchev–Trinajstić information content (AvgIpc) is 3.12. The molecule has 1 aliphatic carbocycles. The van der Waals surface area contributed by atoms with Gasteiger partial charge in [-0.05, 0) is 72.0 Å². The van der Waals surface area contributed by atoms with E-state index in [2.05, 4.69) is 5.32 Å². The number of nitrogens with one attached hydrogen (secondary N) is 1. The summed E-state index contributed by atoms with van der Waals surface area (Å²) in [5.41, 5.74) is 4.65. The summed E-state index contributed by atoms with van der Waals surface area (Å²) in [5, 5.41) is 3.51. The van der Waals surface area contributed by atoms with Gasteiger partial charge in [0.15, 0.2) is 5.78 Å². The van der Waals surface area contributed by atoms with Crippen molar-refractivity contribution in [1.29, 1.82) is 0 Å². The SMILES string of the molecule is COc1ccc([C@H]2CC(=O)C3=C(C2)Nc2ccccc2N(C(=O)c2ccccc2)[C@H]3c2cccc(F)c2)cc1. The van der Waals surface area contributed by atoms with E-state index in [9.17, 15) is 14.0 Å². The number of allylic oxidation sites excluding steroid dienone is 1. The number of hydrogen-bond donors (Lipinski definition) is 1. The Kier molecular flexibility index (Phi) is 6.45. The van der Waals surface area contributed by atoms with E-state index in [1.54, 1.807) is 36.3 Å². The van der Waals surface area contributed by atoms with Crippen molar-refractivity contribution < 1.29 is 18.7 Å². The van der Waals surface area contributed by atoms with Gasteiger partial charge in [0.25, 0.3) is 5.91 Å². The summed E-state index contributed by atoms with van der Waals surface area (Å²) in [4.78, 5) is 29.9. The molecule has 39 heavy (non-hydrogen) atoms. The van der Waals surface area contributed by atoms with Crippen molar-refractivity contribution in [1.82, 2.24) is 0 Å². The van der Waals surface area contributed by atoms with Crippen molar-refractivity contribution >= 4 is 23.1 Å². The number of benzene rings is 4. The van der Waals surface area contributed by atoms with Crippen LogP contribution in [0.15, 0.2) is 114 Å². The van der Waals surface area contributed by atoms with Gasteiger partial charge >= 0.3 is 0 Å². The predicted octanol–water partition coefficient (Wildman–Crippen LogP) is 7.05. The molecule has 0 saturated heterocycles. The normalized spacial score (nSPS) is 18.5. The Hall–Kier alpha value is -4.71. The van der Waals surface area contributed by atoms with Crippen LogP contribution in [0.2, 0.25) is 0 Å². The molecule has 2 aliphatic rings. The van der Waals surface area contributed by atoms with Crippen LogP contribution in [-0.4, -0.2) is 18.8 Å². The molecule has 0 saturated carbocycles. The quantitative estimate of drug-likeness (QED) is 0.315. The van der Waals surface area contributed by atoms with Crippen LogP contribution in [0.5, 0.6) is 5.75 Å². The highest BCUT2D eigenvalue weighted by Crippen LogP contribution is 2.48. The number of amides is 1. The lowest BCUT2D eigenvalue weighted by Crippen LogP contribution is -2.38. The van der Waals surface area contributed by atoms with Crippen LogP contribution >= 0.6 is 0 Å². The number of methoxy groups -OCH3 is 1. The third-order valence-corrected chi connectivity index (χ3v) is 7.48. The van der Waals surface area contributed by atoms with Crippen LogP contribution in [0, 0.1) is 5.82 Å². The zero-order valence-corrected chi connectivity index (χ0v) is 21.4. The number of ether oxygens (including phenoxy) is 1. The molecule has 0 fully saturated rings. The van der Waals surface area contributed by atoms with Crippen LogP contribution < -0.4 is 15.0 Å². The molecule has 1 aliphatic heterocycles. The minimum absolute atomic E-state index is 0.0497. The van der Waals surface area contributed by atoms with Gasteiger partial charge in [0.05, 0.1) is 24.5 Å². The maximum absolute atomic E-state index is 14.6. The highest BCUT2D eigenvalue weighted by Gasteiger charge is 2.42. The monoisotopic (exact) mass is 518 g/mol. The van der Waals surface area contributed by atoms with Crippen molar-refractivity contribution in [3.8, 4) is 5.75 Å². The lowest BCUT2D eigenvalue weighted by atomic mass is 9.78. The molecular weight excluding hydrogens is 491 g/mol. The first-order chi connectivity index (χ1) is 19.0. The standard InChI is InChI=1S/C33H27FN2O3/c1-39-26-16-14-21(15-17-26)24-19-28-31(30(37)20-24)32(23-10-7-11-25(34)18-23)36(29-13-6-5-12-27(29)35-28)33(38)22-8-3-2-4-9-22/h2-18,24,32,35H,19-20H2,1H3/t24-,32+/m1/s1. The molecule has 0 unspecified atom stereocenters. The number of rotatable bonds is 4. The Labute approximate surface area is 226 Å². The molecule has 4 aromatic rings. The summed E-state index contributed by atoms with van der Waals surface area (Å²) in [6.45, 7) is 0. The number of nitrogens with zero attached hydrogens (tertiary/aromatic N) is 1. The molecule has 6 rings (SSSR count). The Morgan fingerprint density at radius 3 is 2.36 bits per heavy atom. The molecule has 6 heteroatoms. The van der Waals surface area contributed by atoms with Gasteiger partial charge in [0.1, 0.15) is 11.6 Å². The molecule has 1 amide bonds. The smallest absolute Gasteiger partial charge is 0.259 e. The van der Waals surface area contributed by atoms with Gasteiger partial charge in [0, 0.05) is 23.3 Å². The topological polar surface area (TPSA) is 58.6 Å². The van der Waals surface area contributed by atoms with E-state index >= 15 is 0 Å². The third kappa shape index (κ3) is 4.59. The summed E-state index contributed by atoms with van der Waals surface area (Å²) >= 11 is 0. The Morgan fingerprint density at radius 1 is 0.872 bits per heavy atom. The number of ketones is 1. The number of halogens is 1. The molecule has 5 nitrogen and oxygen atoms in total. The molecule has 1 heterocycles. The molecule has 4 aromatic carbocycles. The van der Waals surface area contributed by atoms with E-state index in [4.69, 9.17) is 4.74 Å². The summed E-state index contributed by atoms with van der Waals surface area (Å²) in [5.74, 6) is -0.0584. The van der Waals surface area contributed by atoms with E-state index in [1.807, 2.05) is 66.7 Å². The molecule has 194 valence electrons. The van der Waals surface area contributed by atoms with Crippen LogP contribution in [0.3, 0.4) is 0 Å². The second-order valence-corrected chi connectivity index (χ2v) is 9.83. The summed E-state index contributed by atoms with van der Waals surface area (Å²) in [7, 11) is 1.62. The molecule has 0 spiro atoms. The molecule has 0 radical (unpaired) electrons. The Balaban J connectivity index is 1.54. The largest absolute Gasteiger partial charge is 0.497 e. The summed E-state index contributed by atoms with van der Waals surface area (Å²) < 4.78 is 19.9. The fourth-order valence-electron chi connectivity index (χ4n) is 5.64. The lowest BCUT2D eigenvalue weighted by molar-refractivity contribution is -0.116. The van der Waals surface area contributed by atoms with Gasteiger partial charge in [0.2, 0.25) is 0 Å². The fourth-order valence-corrected chi connectivity index (χ4v) is 5.64. The molecule has 2 atom stereocenters. The van der Waals surface area contributed by atoms with Crippen LogP contribution in [0.4, 0.5) is 15.8 Å². The first kappa shape index (κ1) is 24.6. The number of hydrogen-bond acceptors (Lipinski definition) is 4. The van der Waals surface area contributed by atoms with Crippen LogP contribution in [0.1, 0.15) is 46.3 Å². The molecule has 1 N–H and O–H groups in total. The maximum Gasteiger partial charge on any atom is 0.259 e. The number of anilines is 2. The predicted molar refractivity (Wildman–Crippen MR) is 149 cm³/mol. The number of carbonyl (C=O) groups is 2. The number of fused-ring (bicyclic) bond motifs is 1. The third-order valence-electron chi connectivity index (χ3n) is 7.48. The summed E-state index contributed by atoms with van der Waals surface area (Å²) in [6.07, 6.45) is 0.850. The van der Waals surface area contributed by atoms with E-state index < -0.39 is 11.9 Å². The lowest BCUT2D eigenvalue weighted by Gasteiger charge is -2.35. The number of carbonyl (C=O) groups excluding carboxylic acids is 2. The van der Waals surface area contributed by atoms with Gasteiger partial charge in [-0.1, -0.05) is 54.6 Å². The van der Waals surface area contributed by atoms with E-state index in [1.165, 1.54) is 12.1 Å². The van der Waals surface area contributed by atoms with Gasteiger partial charge in [-0.15, -0.1) is 0 Å². The highest BCUT2D eigenvalue weighted by atomic mass is 19.1. The molecule has 0 bridgehead atoms. The zero-order valence-electron chi connectivity index (χ0n) is 21.4. The van der Waals surface area contributed by atoms with Gasteiger partial charge in [-0.25, -0.2) is 4.39 Å². The average molecular weight is 519 g/mol. The van der Waals surface area contributed by atoms with E-state index in [0.29, 0.717) is 28.8 Å². The fraction of sp³-hybridized carbons (Fsp3) is 0.152. The van der Waals surface area contributed by atoms with Gasteiger partial charge in [-0.3, -0.25) is 14.5 Å². The van der Waals surface area contributed by atoms with Crippen molar-refractivity contribution in [2.24, 2.45) is 0 Å².